The molecule has 1 aromatic heterocycles. The van der Waals surface area contributed by atoms with Crippen LogP contribution in [0.1, 0.15) is 39.4 Å². The standard InChI is InChI=1S/C13H26N4O2S/c1-6-13(7-2,10-14)17(8-3)20(18,19)12-9-16(5)11(4)15-12/h9H,6-8,10,14H2,1-5H3. The number of rotatable bonds is 7. The lowest BCUT2D eigenvalue weighted by Gasteiger charge is -2.40. The first-order valence-electron chi connectivity index (χ1n) is 7.02. The van der Waals surface area contributed by atoms with Crippen LogP contribution in [-0.4, -0.2) is 40.9 Å². The third-order valence-electron chi connectivity index (χ3n) is 4.15. The molecule has 0 aliphatic carbocycles. The molecule has 20 heavy (non-hydrogen) atoms. The Hall–Kier alpha value is -0.920. The fourth-order valence-electron chi connectivity index (χ4n) is 2.52. The Morgan fingerprint density at radius 3 is 2.20 bits per heavy atom. The Balaban J connectivity index is 3.35. The van der Waals surface area contributed by atoms with Crippen LogP contribution in [0.15, 0.2) is 11.2 Å². The van der Waals surface area contributed by atoms with Gasteiger partial charge in [0.2, 0.25) is 0 Å². The van der Waals surface area contributed by atoms with Gasteiger partial charge in [0.1, 0.15) is 5.82 Å². The maximum absolute atomic E-state index is 12.8. The van der Waals surface area contributed by atoms with E-state index in [9.17, 15) is 8.42 Å². The van der Waals surface area contributed by atoms with Crippen LogP contribution in [0.5, 0.6) is 0 Å². The molecule has 7 heteroatoms. The van der Waals surface area contributed by atoms with Gasteiger partial charge in [0.15, 0.2) is 5.03 Å². The fourth-order valence-corrected chi connectivity index (χ4v) is 4.46. The summed E-state index contributed by atoms with van der Waals surface area (Å²) >= 11 is 0. The Bertz CT molecular complexity index is 519. The second-order valence-electron chi connectivity index (χ2n) is 5.04. The second kappa shape index (κ2) is 6.24. The second-order valence-corrected chi connectivity index (χ2v) is 6.85. The average molecular weight is 302 g/mol. The summed E-state index contributed by atoms with van der Waals surface area (Å²) in [4.78, 5) is 4.16. The molecule has 0 aromatic carbocycles. The molecule has 0 aliphatic rings. The van der Waals surface area contributed by atoms with E-state index in [1.54, 1.807) is 24.7 Å². The van der Waals surface area contributed by atoms with Crippen LogP contribution in [0.25, 0.3) is 0 Å². The lowest BCUT2D eigenvalue weighted by molar-refractivity contribution is 0.184. The molecule has 1 rings (SSSR count). The summed E-state index contributed by atoms with van der Waals surface area (Å²) in [6.07, 6.45) is 2.91. The lowest BCUT2D eigenvalue weighted by Crippen LogP contribution is -2.55. The molecule has 116 valence electrons. The van der Waals surface area contributed by atoms with Gasteiger partial charge in [-0.25, -0.2) is 13.4 Å². The zero-order valence-electron chi connectivity index (χ0n) is 13.0. The summed E-state index contributed by atoms with van der Waals surface area (Å²) in [6, 6.07) is 0. The predicted molar refractivity (Wildman–Crippen MR) is 79.9 cm³/mol. The van der Waals surface area contributed by atoms with Crippen LogP contribution in [0.3, 0.4) is 0 Å². The van der Waals surface area contributed by atoms with E-state index in [2.05, 4.69) is 4.98 Å². The van der Waals surface area contributed by atoms with E-state index in [0.29, 0.717) is 31.8 Å². The van der Waals surface area contributed by atoms with Crippen molar-refractivity contribution in [3.8, 4) is 0 Å². The van der Waals surface area contributed by atoms with Crippen molar-refractivity contribution < 1.29 is 8.42 Å². The van der Waals surface area contributed by atoms with E-state index >= 15 is 0 Å². The minimum atomic E-state index is -3.63. The molecular formula is C13H26N4O2S. The number of aryl methyl sites for hydroxylation is 2. The minimum Gasteiger partial charge on any atom is -0.337 e. The predicted octanol–water partition coefficient (Wildman–Crippen LogP) is 1.26. The highest BCUT2D eigenvalue weighted by atomic mass is 32.2. The number of aromatic nitrogens is 2. The molecule has 6 nitrogen and oxygen atoms in total. The summed E-state index contributed by atoms with van der Waals surface area (Å²) in [5, 5.41) is 0.0964. The molecule has 1 heterocycles. The maximum Gasteiger partial charge on any atom is 0.262 e. The van der Waals surface area contributed by atoms with Crippen LogP contribution in [0.4, 0.5) is 0 Å². The number of nitrogens with two attached hydrogens (primary N) is 1. The topological polar surface area (TPSA) is 81.2 Å². The van der Waals surface area contributed by atoms with Crippen molar-refractivity contribution in [3.05, 3.63) is 12.0 Å². The average Bonchev–Trinajstić information content (AvgIpc) is 2.76. The molecule has 0 atom stereocenters. The molecule has 0 unspecified atom stereocenters. The van der Waals surface area contributed by atoms with Crippen molar-refractivity contribution in [3.63, 3.8) is 0 Å². The lowest BCUT2D eigenvalue weighted by atomic mass is 9.93. The van der Waals surface area contributed by atoms with Crippen molar-refractivity contribution >= 4 is 10.0 Å². The van der Waals surface area contributed by atoms with Gasteiger partial charge in [0.05, 0.1) is 0 Å². The highest BCUT2D eigenvalue weighted by Crippen LogP contribution is 2.29. The first kappa shape index (κ1) is 17.1. The van der Waals surface area contributed by atoms with Crippen molar-refractivity contribution in [1.29, 1.82) is 0 Å². The third kappa shape index (κ3) is 2.75. The molecule has 0 spiro atoms. The van der Waals surface area contributed by atoms with E-state index in [0.717, 1.165) is 0 Å². The van der Waals surface area contributed by atoms with Crippen LogP contribution in [0.2, 0.25) is 0 Å². The molecule has 0 amide bonds. The molecule has 0 saturated carbocycles. The number of imidazole rings is 1. The summed E-state index contributed by atoms with van der Waals surface area (Å²) in [5.74, 6) is 0.672. The quantitative estimate of drug-likeness (QED) is 0.822. The van der Waals surface area contributed by atoms with E-state index < -0.39 is 15.6 Å². The van der Waals surface area contributed by atoms with Crippen LogP contribution in [-0.2, 0) is 17.1 Å². The van der Waals surface area contributed by atoms with Gasteiger partial charge in [0.25, 0.3) is 10.0 Å². The Kier molecular flexibility index (Phi) is 5.34. The fraction of sp³-hybridized carbons (Fsp3) is 0.769. The van der Waals surface area contributed by atoms with Crippen LogP contribution < -0.4 is 5.73 Å². The molecule has 0 bridgehead atoms. The van der Waals surface area contributed by atoms with Gasteiger partial charge in [-0.05, 0) is 19.8 Å². The highest BCUT2D eigenvalue weighted by Gasteiger charge is 2.40. The van der Waals surface area contributed by atoms with E-state index in [-0.39, 0.29) is 5.03 Å². The van der Waals surface area contributed by atoms with Gasteiger partial charge >= 0.3 is 0 Å². The molecule has 0 aliphatic heterocycles. The maximum atomic E-state index is 12.8. The summed E-state index contributed by atoms with van der Waals surface area (Å²) < 4.78 is 28.9. The van der Waals surface area contributed by atoms with Crippen LogP contribution >= 0.6 is 0 Å². The highest BCUT2D eigenvalue weighted by molar-refractivity contribution is 7.89. The summed E-state index contributed by atoms with van der Waals surface area (Å²) in [5.41, 5.74) is 5.34. The van der Waals surface area contributed by atoms with Crippen LogP contribution in [0, 0.1) is 6.92 Å². The van der Waals surface area contributed by atoms with Gasteiger partial charge < -0.3 is 10.3 Å². The van der Waals surface area contributed by atoms with Gasteiger partial charge in [-0.3, -0.25) is 0 Å². The first-order chi connectivity index (χ1) is 9.28. The largest absolute Gasteiger partial charge is 0.337 e. The molecule has 1 aromatic rings. The minimum absolute atomic E-state index is 0.0964. The Morgan fingerprint density at radius 1 is 1.35 bits per heavy atom. The number of hydrogen-bond acceptors (Lipinski definition) is 4. The molecule has 2 N–H and O–H groups in total. The molecule has 0 fully saturated rings. The van der Waals surface area contributed by atoms with Gasteiger partial charge in [0, 0.05) is 31.9 Å². The van der Waals surface area contributed by atoms with E-state index in [1.165, 1.54) is 4.31 Å². The van der Waals surface area contributed by atoms with Gasteiger partial charge in [-0.2, -0.15) is 4.31 Å². The number of hydrogen-bond donors (Lipinski definition) is 1. The van der Waals surface area contributed by atoms with Crippen molar-refractivity contribution in [1.82, 2.24) is 13.9 Å². The van der Waals surface area contributed by atoms with E-state index in [4.69, 9.17) is 5.73 Å². The van der Waals surface area contributed by atoms with E-state index in [1.807, 2.05) is 20.8 Å². The summed E-state index contributed by atoms with van der Waals surface area (Å²) in [7, 11) is -1.84. The van der Waals surface area contributed by atoms with Gasteiger partial charge in [-0.1, -0.05) is 20.8 Å². The number of sulfonamides is 1. The Labute approximate surface area is 122 Å². The Morgan fingerprint density at radius 2 is 1.90 bits per heavy atom. The first-order valence-corrected chi connectivity index (χ1v) is 8.46. The van der Waals surface area contributed by atoms with Crippen molar-refractivity contribution in [2.24, 2.45) is 12.8 Å². The molecule has 0 saturated heterocycles. The smallest absolute Gasteiger partial charge is 0.262 e. The molecular weight excluding hydrogens is 276 g/mol. The number of nitrogens with zero attached hydrogens (tertiary/aromatic N) is 3. The normalized spacial score (nSPS) is 13.2. The van der Waals surface area contributed by atoms with Crippen molar-refractivity contribution in [2.45, 2.75) is 51.1 Å². The summed E-state index contributed by atoms with van der Waals surface area (Å²) in [6.45, 7) is 8.25. The van der Waals surface area contributed by atoms with Crippen molar-refractivity contribution in [2.75, 3.05) is 13.1 Å². The SMILES string of the molecule is CCN(C(CC)(CC)CN)S(=O)(=O)c1cn(C)c(C)n1. The van der Waals surface area contributed by atoms with Gasteiger partial charge in [-0.15, -0.1) is 0 Å². The zero-order valence-corrected chi connectivity index (χ0v) is 13.9. The molecule has 0 radical (unpaired) electrons. The monoisotopic (exact) mass is 302 g/mol. The number of likely N-dealkylation sites (N-methyl/N-ethyl adjacent to an activating group) is 1. The third-order valence-corrected chi connectivity index (χ3v) is 6.10. The zero-order chi connectivity index (χ0) is 15.6.